The van der Waals surface area contributed by atoms with Crippen LogP contribution in [0.4, 0.5) is 0 Å². The van der Waals surface area contributed by atoms with Gasteiger partial charge < -0.3 is 5.32 Å². The highest BCUT2D eigenvalue weighted by Gasteiger charge is 2.09. The van der Waals surface area contributed by atoms with Gasteiger partial charge in [0.25, 0.3) is 0 Å². The Kier molecular flexibility index (Phi) is 6.12. The number of nitrogens with one attached hydrogen (secondary N) is 2. The molecule has 0 aromatic carbocycles. The molecule has 2 N–H and O–H groups in total. The average Bonchev–Trinajstić information content (AvgIpc) is 2.10. The van der Waals surface area contributed by atoms with Crippen molar-refractivity contribution in [1.29, 1.82) is 0 Å². The summed E-state index contributed by atoms with van der Waals surface area (Å²) in [4.78, 5) is 11.2. The topological polar surface area (TPSA) is 41.1 Å². The largest absolute Gasteiger partial charge is 0.355 e. The molecule has 0 aliphatic rings. The summed E-state index contributed by atoms with van der Waals surface area (Å²) in [6.07, 6.45) is 5.98. The number of terminal acetylenes is 1. The molecule has 12 heavy (non-hydrogen) atoms. The fourth-order valence-corrected chi connectivity index (χ4v) is 0.706. The number of amides is 1. The van der Waals surface area contributed by atoms with Gasteiger partial charge in [0.05, 0.1) is 12.6 Å². The Labute approximate surface area is 73.9 Å². The van der Waals surface area contributed by atoms with E-state index >= 15 is 0 Å². The summed E-state index contributed by atoms with van der Waals surface area (Å²) >= 11 is 0. The molecule has 1 atom stereocenters. The quantitative estimate of drug-likeness (QED) is 0.573. The maximum absolute atomic E-state index is 11.2. The third kappa shape index (κ3) is 4.75. The van der Waals surface area contributed by atoms with Crippen LogP contribution in [0.2, 0.25) is 0 Å². The van der Waals surface area contributed by atoms with Gasteiger partial charge in [-0.05, 0) is 13.3 Å². The second kappa shape index (κ2) is 6.68. The third-order valence-electron chi connectivity index (χ3n) is 1.45. The lowest BCUT2D eigenvalue weighted by Gasteiger charge is -2.11. The highest BCUT2D eigenvalue weighted by molar-refractivity contribution is 5.81. The SMILES string of the molecule is C#CCNC(C)C(=O)NCCC. The minimum absolute atomic E-state index is 0.00657. The monoisotopic (exact) mass is 168 g/mol. The van der Waals surface area contributed by atoms with Gasteiger partial charge in [0.2, 0.25) is 5.91 Å². The number of carbonyl (C=O) groups excluding carboxylic acids is 1. The van der Waals surface area contributed by atoms with E-state index in [0.717, 1.165) is 13.0 Å². The molecule has 0 aliphatic carbocycles. The van der Waals surface area contributed by atoms with Crippen LogP contribution in [0.1, 0.15) is 20.3 Å². The van der Waals surface area contributed by atoms with E-state index in [1.807, 2.05) is 6.92 Å². The second-order valence-electron chi connectivity index (χ2n) is 2.60. The van der Waals surface area contributed by atoms with Crippen LogP contribution in [0.15, 0.2) is 0 Å². The maximum Gasteiger partial charge on any atom is 0.236 e. The van der Waals surface area contributed by atoms with Crippen LogP contribution in [0.25, 0.3) is 0 Å². The molecule has 0 saturated heterocycles. The van der Waals surface area contributed by atoms with Gasteiger partial charge in [-0.15, -0.1) is 6.42 Å². The summed E-state index contributed by atoms with van der Waals surface area (Å²) in [5.74, 6) is 2.43. The Balaban J connectivity index is 3.55. The van der Waals surface area contributed by atoms with E-state index in [4.69, 9.17) is 6.42 Å². The smallest absolute Gasteiger partial charge is 0.236 e. The van der Waals surface area contributed by atoms with Gasteiger partial charge >= 0.3 is 0 Å². The summed E-state index contributed by atoms with van der Waals surface area (Å²) in [6, 6.07) is -0.201. The van der Waals surface area contributed by atoms with Crippen molar-refractivity contribution >= 4 is 5.91 Å². The van der Waals surface area contributed by atoms with Crippen LogP contribution in [0, 0.1) is 12.3 Å². The third-order valence-corrected chi connectivity index (χ3v) is 1.45. The van der Waals surface area contributed by atoms with Gasteiger partial charge in [0.1, 0.15) is 0 Å². The zero-order valence-electron chi connectivity index (χ0n) is 7.68. The predicted molar refractivity (Wildman–Crippen MR) is 49.6 cm³/mol. The minimum atomic E-state index is -0.201. The second-order valence-corrected chi connectivity index (χ2v) is 2.60. The molecule has 1 unspecified atom stereocenters. The van der Waals surface area contributed by atoms with Gasteiger partial charge in [-0.2, -0.15) is 0 Å². The molecule has 1 amide bonds. The summed E-state index contributed by atoms with van der Waals surface area (Å²) in [6.45, 7) is 4.96. The standard InChI is InChI=1S/C9H16N2O/c1-4-6-10-8(3)9(12)11-7-5-2/h1,8,10H,5-7H2,2-3H3,(H,11,12). The van der Waals surface area contributed by atoms with E-state index in [2.05, 4.69) is 16.6 Å². The molecular weight excluding hydrogens is 152 g/mol. The lowest BCUT2D eigenvalue weighted by atomic mass is 10.3. The Hall–Kier alpha value is -1.01. The Bertz CT molecular complexity index is 172. The number of hydrogen-bond donors (Lipinski definition) is 2. The molecule has 0 radical (unpaired) electrons. The first kappa shape index (κ1) is 11.0. The molecule has 0 rings (SSSR count). The lowest BCUT2D eigenvalue weighted by Crippen LogP contribution is -2.42. The maximum atomic E-state index is 11.2. The molecule has 0 spiro atoms. The van der Waals surface area contributed by atoms with Crippen LogP contribution >= 0.6 is 0 Å². The molecule has 0 fully saturated rings. The highest BCUT2D eigenvalue weighted by Crippen LogP contribution is 1.81. The summed E-state index contributed by atoms with van der Waals surface area (Å²) in [5, 5.41) is 5.66. The first-order valence-electron chi connectivity index (χ1n) is 4.17. The van der Waals surface area contributed by atoms with Crippen LogP contribution in [0.3, 0.4) is 0 Å². The fraction of sp³-hybridized carbons (Fsp3) is 0.667. The Morgan fingerprint density at radius 1 is 1.67 bits per heavy atom. The molecule has 0 aromatic rings. The first-order chi connectivity index (χ1) is 5.72. The van der Waals surface area contributed by atoms with Gasteiger partial charge in [-0.25, -0.2) is 0 Å². The van der Waals surface area contributed by atoms with Crippen molar-refractivity contribution in [3.05, 3.63) is 0 Å². The normalized spacial score (nSPS) is 11.8. The van der Waals surface area contributed by atoms with Gasteiger partial charge in [0.15, 0.2) is 0 Å². The van der Waals surface area contributed by atoms with Crippen molar-refractivity contribution in [1.82, 2.24) is 10.6 Å². The van der Waals surface area contributed by atoms with E-state index in [9.17, 15) is 4.79 Å². The van der Waals surface area contributed by atoms with Gasteiger partial charge in [0, 0.05) is 6.54 Å². The number of carbonyl (C=O) groups is 1. The van der Waals surface area contributed by atoms with Crippen molar-refractivity contribution in [2.24, 2.45) is 0 Å². The molecular formula is C9H16N2O. The van der Waals surface area contributed by atoms with Crippen LogP contribution in [-0.4, -0.2) is 25.0 Å². The Morgan fingerprint density at radius 2 is 2.33 bits per heavy atom. The van der Waals surface area contributed by atoms with E-state index < -0.39 is 0 Å². The van der Waals surface area contributed by atoms with Crippen molar-refractivity contribution in [3.8, 4) is 12.3 Å². The predicted octanol–water partition coefficient (Wildman–Crippen LogP) is 0.124. The zero-order valence-corrected chi connectivity index (χ0v) is 7.68. The van der Waals surface area contributed by atoms with Crippen molar-refractivity contribution in [2.75, 3.05) is 13.1 Å². The molecule has 0 bridgehead atoms. The molecule has 0 heterocycles. The van der Waals surface area contributed by atoms with Gasteiger partial charge in [-0.1, -0.05) is 12.8 Å². The van der Waals surface area contributed by atoms with Crippen molar-refractivity contribution in [3.63, 3.8) is 0 Å². The number of rotatable bonds is 5. The molecule has 3 nitrogen and oxygen atoms in total. The van der Waals surface area contributed by atoms with E-state index in [1.54, 1.807) is 6.92 Å². The molecule has 68 valence electrons. The fourth-order valence-electron chi connectivity index (χ4n) is 0.706. The summed E-state index contributed by atoms with van der Waals surface area (Å²) in [5.41, 5.74) is 0. The Morgan fingerprint density at radius 3 is 2.83 bits per heavy atom. The van der Waals surface area contributed by atoms with Crippen LogP contribution in [0.5, 0.6) is 0 Å². The van der Waals surface area contributed by atoms with E-state index in [-0.39, 0.29) is 11.9 Å². The number of hydrogen-bond acceptors (Lipinski definition) is 2. The molecule has 0 saturated carbocycles. The summed E-state index contributed by atoms with van der Waals surface area (Å²) < 4.78 is 0. The molecule has 0 aliphatic heterocycles. The van der Waals surface area contributed by atoms with Crippen molar-refractivity contribution < 1.29 is 4.79 Å². The molecule has 0 aromatic heterocycles. The average molecular weight is 168 g/mol. The summed E-state index contributed by atoms with van der Waals surface area (Å²) in [7, 11) is 0. The first-order valence-corrected chi connectivity index (χ1v) is 4.17. The van der Waals surface area contributed by atoms with Gasteiger partial charge in [-0.3, -0.25) is 10.1 Å². The van der Waals surface area contributed by atoms with Crippen LogP contribution < -0.4 is 10.6 Å². The zero-order chi connectivity index (χ0) is 9.40. The molecule has 3 heteroatoms. The van der Waals surface area contributed by atoms with E-state index in [0.29, 0.717) is 6.54 Å². The van der Waals surface area contributed by atoms with E-state index in [1.165, 1.54) is 0 Å². The highest BCUT2D eigenvalue weighted by atomic mass is 16.2. The van der Waals surface area contributed by atoms with Crippen molar-refractivity contribution in [2.45, 2.75) is 26.3 Å². The van der Waals surface area contributed by atoms with Crippen LogP contribution in [-0.2, 0) is 4.79 Å². The minimum Gasteiger partial charge on any atom is -0.355 e. The lowest BCUT2D eigenvalue weighted by molar-refractivity contribution is -0.122.